The molecule has 0 aromatic rings. The van der Waals surface area contributed by atoms with E-state index in [-0.39, 0.29) is 18.9 Å². The predicted octanol–water partition coefficient (Wildman–Crippen LogP) is -2.43. The lowest BCUT2D eigenvalue weighted by Gasteiger charge is -2.21. The Balaban J connectivity index is 4.78. The Morgan fingerprint density at radius 2 is 1.69 bits per heavy atom. The molecule has 11 N–H and O–H groups in total. The van der Waals surface area contributed by atoms with Crippen molar-refractivity contribution >= 4 is 23.7 Å². The number of carboxylic acid groups (broad SMARTS) is 1. The van der Waals surface area contributed by atoms with E-state index in [1.165, 1.54) is 6.92 Å². The van der Waals surface area contributed by atoms with E-state index >= 15 is 0 Å². The molecule has 0 radical (unpaired) electrons. The number of amides is 2. The molecule has 0 aliphatic heterocycles. The van der Waals surface area contributed by atoms with E-state index in [1.807, 2.05) is 0 Å². The molecule has 150 valence electrons. The molecule has 3 atom stereocenters. The van der Waals surface area contributed by atoms with Crippen molar-refractivity contribution in [3.05, 3.63) is 0 Å². The Bertz CT molecular complexity index is 494. The van der Waals surface area contributed by atoms with Gasteiger partial charge in [0, 0.05) is 6.54 Å². The summed E-state index contributed by atoms with van der Waals surface area (Å²) in [6.45, 7) is 2.12. The third-order valence-electron chi connectivity index (χ3n) is 3.61. The summed E-state index contributed by atoms with van der Waals surface area (Å²) < 4.78 is 0. The first-order valence-electron chi connectivity index (χ1n) is 8.53. The fourth-order valence-corrected chi connectivity index (χ4v) is 2.07. The van der Waals surface area contributed by atoms with Gasteiger partial charge in [-0.05, 0) is 39.2 Å². The minimum atomic E-state index is -1.18. The van der Waals surface area contributed by atoms with Gasteiger partial charge in [-0.1, -0.05) is 6.42 Å². The summed E-state index contributed by atoms with van der Waals surface area (Å²) in [5, 5.41) is 13.8. The molecule has 0 saturated carbocycles. The summed E-state index contributed by atoms with van der Waals surface area (Å²) in [6.07, 6.45) is 2.54. The Morgan fingerprint density at radius 3 is 2.23 bits per heavy atom. The van der Waals surface area contributed by atoms with Gasteiger partial charge >= 0.3 is 5.97 Å². The number of nitrogens with two attached hydrogens (primary N) is 4. The zero-order valence-electron chi connectivity index (χ0n) is 15.1. The van der Waals surface area contributed by atoms with Gasteiger partial charge in [0.05, 0.1) is 6.04 Å². The third kappa shape index (κ3) is 10.5. The van der Waals surface area contributed by atoms with Crippen LogP contribution in [-0.4, -0.2) is 60.1 Å². The van der Waals surface area contributed by atoms with Crippen LogP contribution in [0.5, 0.6) is 0 Å². The molecule has 11 heteroatoms. The van der Waals surface area contributed by atoms with Gasteiger partial charge in [0.25, 0.3) is 0 Å². The molecule has 0 aliphatic carbocycles. The number of guanidine groups is 1. The highest BCUT2D eigenvalue weighted by Gasteiger charge is 2.25. The van der Waals surface area contributed by atoms with E-state index in [4.69, 9.17) is 28.0 Å². The average Bonchev–Trinajstić information content (AvgIpc) is 2.56. The van der Waals surface area contributed by atoms with Crippen molar-refractivity contribution in [3.63, 3.8) is 0 Å². The fourth-order valence-electron chi connectivity index (χ4n) is 2.07. The molecule has 0 saturated heterocycles. The largest absolute Gasteiger partial charge is 0.480 e. The molecule has 0 fully saturated rings. The summed E-state index contributed by atoms with van der Waals surface area (Å²) >= 11 is 0. The van der Waals surface area contributed by atoms with Crippen LogP contribution in [0.4, 0.5) is 0 Å². The zero-order valence-corrected chi connectivity index (χ0v) is 15.1. The molecule has 0 unspecified atom stereocenters. The standard InChI is InChI=1S/C15H31N7O4/c1-9(14(25)26)21-13(24)11(6-4-8-20-15(18)19)22-12(23)10(17)5-2-3-7-16/h9-11H,2-8,16-17H2,1H3,(H,21,24)(H,22,23)(H,25,26)(H4,18,19,20)/t9-,10-,11-/m0/s1. The lowest BCUT2D eigenvalue weighted by atomic mass is 10.1. The normalized spacial score (nSPS) is 14.0. The van der Waals surface area contributed by atoms with Crippen molar-refractivity contribution in [3.8, 4) is 0 Å². The third-order valence-corrected chi connectivity index (χ3v) is 3.61. The van der Waals surface area contributed by atoms with Crippen molar-refractivity contribution in [2.75, 3.05) is 13.1 Å². The van der Waals surface area contributed by atoms with E-state index in [1.54, 1.807) is 0 Å². The number of unbranched alkanes of at least 4 members (excludes halogenated alkanes) is 1. The van der Waals surface area contributed by atoms with Gasteiger partial charge in [0.15, 0.2) is 5.96 Å². The number of aliphatic carboxylic acids is 1. The molecule has 0 rings (SSSR count). The van der Waals surface area contributed by atoms with Gasteiger partial charge in [-0.3, -0.25) is 19.4 Å². The van der Waals surface area contributed by atoms with Crippen LogP contribution in [0.1, 0.15) is 39.0 Å². The van der Waals surface area contributed by atoms with Gasteiger partial charge < -0.3 is 38.7 Å². The number of carbonyl (C=O) groups excluding carboxylic acids is 2. The minimum absolute atomic E-state index is 0.0727. The Labute approximate surface area is 152 Å². The molecule has 11 nitrogen and oxygen atoms in total. The van der Waals surface area contributed by atoms with Crippen LogP contribution in [0.15, 0.2) is 4.99 Å². The van der Waals surface area contributed by atoms with Crippen LogP contribution in [0, 0.1) is 0 Å². The van der Waals surface area contributed by atoms with Crippen molar-refractivity contribution in [2.24, 2.45) is 27.9 Å². The van der Waals surface area contributed by atoms with Crippen molar-refractivity contribution in [1.82, 2.24) is 10.6 Å². The Morgan fingerprint density at radius 1 is 1.04 bits per heavy atom. The first-order chi connectivity index (χ1) is 12.2. The zero-order chi connectivity index (χ0) is 20.1. The summed E-state index contributed by atoms with van der Waals surface area (Å²) in [4.78, 5) is 39.2. The number of hydrogen-bond acceptors (Lipinski definition) is 6. The maximum Gasteiger partial charge on any atom is 0.325 e. The van der Waals surface area contributed by atoms with Gasteiger partial charge in [-0.25, -0.2) is 0 Å². The predicted molar refractivity (Wildman–Crippen MR) is 98.0 cm³/mol. The molecule has 0 spiro atoms. The lowest BCUT2D eigenvalue weighted by molar-refractivity contribution is -0.141. The van der Waals surface area contributed by atoms with E-state index in [0.29, 0.717) is 25.8 Å². The molecule has 0 aromatic carbocycles. The molecular formula is C15H31N7O4. The molecule has 2 amide bonds. The van der Waals surface area contributed by atoms with Crippen LogP contribution in [0.2, 0.25) is 0 Å². The van der Waals surface area contributed by atoms with E-state index < -0.39 is 35.9 Å². The van der Waals surface area contributed by atoms with Crippen molar-refractivity contribution in [2.45, 2.75) is 57.2 Å². The van der Waals surface area contributed by atoms with Crippen molar-refractivity contribution in [1.29, 1.82) is 0 Å². The van der Waals surface area contributed by atoms with E-state index in [9.17, 15) is 14.4 Å². The second-order valence-corrected chi connectivity index (χ2v) is 5.97. The first kappa shape index (κ1) is 23.6. The van der Waals surface area contributed by atoms with Crippen LogP contribution in [-0.2, 0) is 14.4 Å². The number of rotatable bonds is 13. The maximum absolute atomic E-state index is 12.3. The average molecular weight is 373 g/mol. The number of carboxylic acids is 1. The van der Waals surface area contributed by atoms with Crippen molar-refractivity contribution < 1.29 is 19.5 Å². The van der Waals surface area contributed by atoms with Crippen LogP contribution in [0.3, 0.4) is 0 Å². The second-order valence-electron chi connectivity index (χ2n) is 5.97. The van der Waals surface area contributed by atoms with Crippen LogP contribution in [0.25, 0.3) is 0 Å². The van der Waals surface area contributed by atoms with Gasteiger partial charge in [0.2, 0.25) is 11.8 Å². The summed E-state index contributed by atoms with van der Waals surface area (Å²) in [6, 6.07) is -2.79. The summed E-state index contributed by atoms with van der Waals surface area (Å²) in [5.41, 5.74) is 21.7. The quantitative estimate of drug-likeness (QED) is 0.104. The molecular weight excluding hydrogens is 342 g/mol. The number of nitrogens with one attached hydrogen (secondary N) is 2. The van der Waals surface area contributed by atoms with Gasteiger partial charge in [-0.2, -0.15) is 0 Å². The number of nitrogens with zero attached hydrogens (tertiary/aromatic N) is 1. The monoisotopic (exact) mass is 373 g/mol. The molecule has 0 aromatic heterocycles. The number of aliphatic imine (C=N–C) groups is 1. The summed E-state index contributed by atoms with van der Waals surface area (Å²) in [7, 11) is 0. The molecule has 0 aliphatic rings. The number of hydrogen-bond donors (Lipinski definition) is 7. The number of carbonyl (C=O) groups is 3. The molecule has 0 heterocycles. The second kappa shape index (κ2) is 12.9. The minimum Gasteiger partial charge on any atom is -0.480 e. The smallest absolute Gasteiger partial charge is 0.325 e. The SMILES string of the molecule is C[C@H](NC(=O)[C@H](CCCN=C(N)N)NC(=O)[C@@H](N)CCCCN)C(=O)O. The molecule has 26 heavy (non-hydrogen) atoms. The lowest BCUT2D eigenvalue weighted by Crippen LogP contribution is -2.53. The van der Waals surface area contributed by atoms with Crippen LogP contribution < -0.4 is 33.6 Å². The topological polar surface area (TPSA) is 212 Å². The Kier molecular flexibility index (Phi) is 11.7. The van der Waals surface area contributed by atoms with Crippen LogP contribution >= 0.6 is 0 Å². The maximum atomic E-state index is 12.3. The van der Waals surface area contributed by atoms with E-state index in [2.05, 4.69) is 15.6 Å². The van der Waals surface area contributed by atoms with Gasteiger partial charge in [0.1, 0.15) is 12.1 Å². The fraction of sp³-hybridized carbons (Fsp3) is 0.733. The first-order valence-corrected chi connectivity index (χ1v) is 8.53. The van der Waals surface area contributed by atoms with Gasteiger partial charge in [-0.15, -0.1) is 0 Å². The highest BCUT2D eigenvalue weighted by Crippen LogP contribution is 2.03. The molecule has 0 bridgehead atoms. The highest BCUT2D eigenvalue weighted by atomic mass is 16.4. The Hall–Kier alpha value is -2.40. The summed E-state index contributed by atoms with van der Waals surface area (Å²) in [5.74, 6) is -2.34. The highest BCUT2D eigenvalue weighted by molar-refractivity contribution is 5.91. The van der Waals surface area contributed by atoms with E-state index in [0.717, 1.165) is 6.42 Å².